The van der Waals surface area contributed by atoms with Crippen molar-refractivity contribution in [3.05, 3.63) is 63.1 Å². The van der Waals surface area contributed by atoms with Crippen LogP contribution in [0.2, 0.25) is 10.0 Å². The molecule has 4 bridgehead atoms. The number of hydrogen-bond acceptors (Lipinski definition) is 6. The standard InChI is InChI=1S/C9H9ClO2.C8H7ClFNO2.C7H11N2O.K/c10-6-1-2-9-7(5-6)8(11)3-4-12-9;9-6-2-1-5(3-7(6)10)13-4-8(11)12;1-8-4-2-5-6-3-7(4)10-9(5)6;/h1-2,5,8,11H,3-4H2;1-3H,4H2,(H2,11,12);4-7H,2-3H2,1H3;/q;;-1;+1. The molecule has 5 aliphatic rings. The molecule has 7 rings (SSSR count). The minimum absolute atomic E-state index is 0. The van der Waals surface area contributed by atoms with Crippen LogP contribution in [0.4, 0.5) is 4.39 Å². The van der Waals surface area contributed by atoms with E-state index in [1.807, 2.05) is 7.05 Å². The molecule has 8 nitrogen and oxygen atoms in total. The number of rotatable bonds is 4. The van der Waals surface area contributed by atoms with E-state index in [1.165, 1.54) is 25.0 Å². The van der Waals surface area contributed by atoms with Crippen LogP contribution in [-0.4, -0.2) is 60.6 Å². The third kappa shape index (κ3) is 7.54. The zero-order chi connectivity index (χ0) is 25.1. The van der Waals surface area contributed by atoms with Gasteiger partial charge >= 0.3 is 51.4 Å². The van der Waals surface area contributed by atoms with E-state index < -0.39 is 17.8 Å². The molecule has 4 fully saturated rings. The smallest absolute Gasteiger partial charge is 0.660 e. The minimum atomic E-state index is -0.615. The fourth-order valence-corrected chi connectivity index (χ4v) is 4.69. The monoisotopic (exact) mass is 565 g/mol. The number of benzene rings is 2. The maximum absolute atomic E-state index is 12.8. The van der Waals surface area contributed by atoms with Crippen LogP contribution in [0.25, 0.3) is 5.32 Å². The van der Waals surface area contributed by atoms with Crippen LogP contribution >= 0.6 is 23.2 Å². The van der Waals surface area contributed by atoms with Crippen molar-refractivity contribution in [2.24, 2.45) is 5.73 Å². The van der Waals surface area contributed by atoms with Crippen LogP contribution in [0.15, 0.2) is 36.4 Å². The van der Waals surface area contributed by atoms with Crippen molar-refractivity contribution < 1.29 is 80.0 Å². The van der Waals surface area contributed by atoms with Crippen molar-refractivity contribution in [2.75, 3.05) is 20.3 Å². The zero-order valence-electron chi connectivity index (χ0n) is 20.1. The molecule has 3 saturated heterocycles. The Labute approximate surface area is 261 Å². The Kier molecular flexibility index (Phi) is 11.3. The number of aliphatic hydroxyl groups is 1. The summed E-state index contributed by atoms with van der Waals surface area (Å²) in [6, 6.07) is 11.2. The Balaban J connectivity index is 0.000000149. The number of likely N-dealkylation sites (N-methyl/N-ethyl adjacent to an activating group) is 1. The van der Waals surface area contributed by atoms with E-state index in [0.717, 1.165) is 29.5 Å². The number of carbonyl (C=O) groups excluding carboxylic acids is 1. The van der Waals surface area contributed by atoms with E-state index in [0.29, 0.717) is 30.2 Å². The number of carbonyl (C=O) groups is 1. The molecule has 4 heterocycles. The molecule has 12 heteroatoms. The van der Waals surface area contributed by atoms with Crippen molar-refractivity contribution in [3.8, 4) is 11.5 Å². The van der Waals surface area contributed by atoms with Gasteiger partial charge in [-0.2, -0.15) is 12.1 Å². The van der Waals surface area contributed by atoms with Gasteiger partial charge in [-0.1, -0.05) is 23.2 Å². The van der Waals surface area contributed by atoms with E-state index in [9.17, 15) is 14.3 Å². The van der Waals surface area contributed by atoms with Crippen LogP contribution in [-0.2, 0) is 9.63 Å². The van der Waals surface area contributed by atoms with Crippen molar-refractivity contribution in [1.29, 1.82) is 0 Å². The number of nitrogens with two attached hydrogens (primary N) is 1. The molecule has 6 atom stereocenters. The van der Waals surface area contributed by atoms with Gasteiger partial charge in [0, 0.05) is 23.1 Å². The maximum atomic E-state index is 12.8. The summed E-state index contributed by atoms with van der Waals surface area (Å²) in [7, 11) is 1.90. The normalized spacial score (nSPS) is 28.0. The molecular formula is C24H27Cl2FKN3O5. The van der Waals surface area contributed by atoms with Crippen LogP contribution in [0, 0.1) is 5.82 Å². The predicted octanol–water partition coefficient (Wildman–Crippen LogP) is 1.02. The Morgan fingerprint density at radius 1 is 1.25 bits per heavy atom. The molecule has 1 amide bonds. The van der Waals surface area contributed by atoms with Gasteiger partial charge in [0.25, 0.3) is 5.91 Å². The number of primary amides is 1. The summed E-state index contributed by atoms with van der Waals surface area (Å²) in [5.41, 5.74) is 5.62. The van der Waals surface area contributed by atoms with Crippen molar-refractivity contribution in [2.45, 2.75) is 49.6 Å². The summed E-state index contributed by atoms with van der Waals surface area (Å²) in [6.45, 7) is 0.302. The van der Waals surface area contributed by atoms with Crippen molar-refractivity contribution in [1.82, 2.24) is 5.06 Å². The molecule has 6 unspecified atom stereocenters. The van der Waals surface area contributed by atoms with Crippen LogP contribution in [0.1, 0.15) is 30.9 Å². The molecule has 0 aromatic heterocycles. The topological polar surface area (TPSA) is 108 Å². The number of aliphatic hydroxyl groups excluding tert-OH is 1. The Morgan fingerprint density at radius 3 is 2.58 bits per heavy atom. The molecule has 190 valence electrons. The Morgan fingerprint density at radius 2 is 2.00 bits per heavy atom. The predicted molar refractivity (Wildman–Crippen MR) is 129 cm³/mol. The van der Waals surface area contributed by atoms with Crippen molar-refractivity contribution in [3.63, 3.8) is 0 Å². The zero-order valence-corrected chi connectivity index (χ0v) is 24.7. The number of ether oxygens (including phenoxy) is 2. The molecule has 0 spiro atoms. The average molecular weight is 566 g/mol. The van der Waals surface area contributed by atoms with Gasteiger partial charge in [-0.25, -0.2) is 4.39 Å². The van der Waals surface area contributed by atoms with Gasteiger partial charge in [-0.3, -0.25) is 9.63 Å². The van der Waals surface area contributed by atoms with Gasteiger partial charge in [0.15, 0.2) is 6.61 Å². The maximum Gasteiger partial charge on any atom is 1.00 e. The molecule has 1 aliphatic carbocycles. The summed E-state index contributed by atoms with van der Waals surface area (Å²) >= 11 is 11.2. The van der Waals surface area contributed by atoms with E-state index >= 15 is 0 Å². The number of fused-ring (bicyclic) bond motifs is 2. The molecule has 4 aliphatic heterocycles. The number of hydroxylamine groups is 2. The Hall–Kier alpha value is -0.504. The quantitative estimate of drug-likeness (QED) is 0.423. The number of halogens is 3. The average Bonchev–Trinajstić information content (AvgIpc) is 3.37. The van der Waals surface area contributed by atoms with Gasteiger partial charge in [-0.15, -0.1) is 6.04 Å². The van der Waals surface area contributed by atoms with E-state index in [2.05, 4.69) is 10.4 Å². The Bertz CT molecular complexity index is 1060. The fourth-order valence-electron chi connectivity index (χ4n) is 4.39. The van der Waals surface area contributed by atoms with Gasteiger partial charge in [0.1, 0.15) is 17.3 Å². The molecule has 3 N–H and O–H groups in total. The summed E-state index contributed by atoms with van der Waals surface area (Å²) in [5.74, 6) is -0.238. The second-order valence-electron chi connectivity index (χ2n) is 8.60. The first-order chi connectivity index (χ1) is 16.8. The second kappa shape index (κ2) is 13.5. The van der Waals surface area contributed by atoms with E-state index in [-0.39, 0.29) is 68.8 Å². The largest absolute Gasteiger partial charge is 1.00 e. The van der Waals surface area contributed by atoms with Crippen LogP contribution in [0.5, 0.6) is 11.5 Å². The van der Waals surface area contributed by atoms with Crippen molar-refractivity contribution >= 4 is 29.1 Å². The molecule has 2 aromatic carbocycles. The molecule has 36 heavy (non-hydrogen) atoms. The van der Waals surface area contributed by atoms with Gasteiger partial charge in [0.05, 0.1) is 35.9 Å². The first-order valence-electron chi connectivity index (χ1n) is 11.3. The van der Waals surface area contributed by atoms with Gasteiger partial charge in [0.2, 0.25) is 0 Å². The fraction of sp³-hybridized carbons (Fsp3) is 0.458. The summed E-state index contributed by atoms with van der Waals surface area (Å²) in [5, 5.41) is 16.6. The second-order valence-corrected chi connectivity index (χ2v) is 9.45. The summed E-state index contributed by atoms with van der Waals surface area (Å²) in [6.07, 6.45) is 3.12. The number of nitrogens with zero attached hydrogens (tertiary/aromatic N) is 2. The van der Waals surface area contributed by atoms with E-state index in [1.54, 1.807) is 18.2 Å². The van der Waals surface area contributed by atoms with Crippen LogP contribution < -0.4 is 66.6 Å². The van der Waals surface area contributed by atoms with Gasteiger partial charge in [-0.05, 0) is 43.2 Å². The summed E-state index contributed by atoms with van der Waals surface area (Å²) in [4.78, 5) is 15.9. The third-order valence-electron chi connectivity index (χ3n) is 6.23. The number of amides is 1. The molecule has 0 radical (unpaired) electrons. The van der Waals surface area contributed by atoms with E-state index in [4.69, 9.17) is 43.2 Å². The first-order valence-corrected chi connectivity index (χ1v) is 12.0. The molecular weight excluding hydrogens is 539 g/mol. The SMILES string of the molecule is C[N-]C1CC2C3CC1ON23.NC(=O)COc1ccc(Cl)c(F)c1.OC1CCOc2ccc(Cl)cc21.[K+]. The summed E-state index contributed by atoms with van der Waals surface area (Å²) < 4.78 is 22.9. The third-order valence-corrected chi connectivity index (χ3v) is 6.78. The van der Waals surface area contributed by atoms with Crippen LogP contribution in [0.3, 0.4) is 0 Å². The van der Waals surface area contributed by atoms with Gasteiger partial charge < -0.3 is 25.6 Å². The number of hydrogen-bond donors (Lipinski definition) is 2. The molecule has 2 aromatic rings. The minimum Gasteiger partial charge on any atom is -0.660 e. The molecule has 1 saturated carbocycles. The first kappa shape index (κ1) is 30.0.